The van der Waals surface area contributed by atoms with E-state index in [-0.39, 0.29) is 16.7 Å². The van der Waals surface area contributed by atoms with E-state index in [0.717, 1.165) is 42.7 Å². The van der Waals surface area contributed by atoms with Crippen LogP contribution in [0.2, 0.25) is 0 Å². The van der Waals surface area contributed by atoms with E-state index in [1.807, 2.05) is 0 Å². The molecule has 0 aromatic heterocycles. The molecule has 0 N–H and O–H groups in total. The summed E-state index contributed by atoms with van der Waals surface area (Å²) >= 11 is 0. The zero-order chi connectivity index (χ0) is 19.3. The average Bonchev–Trinajstić information content (AvgIpc) is 2.59. The summed E-state index contributed by atoms with van der Waals surface area (Å²) in [5.41, 5.74) is -0.630. The average molecular weight is 382 g/mol. The zero-order valence-corrected chi connectivity index (χ0v) is 15.3. The van der Waals surface area contributed by atoms with Gasteiger partial charge in [0, 0.05) is 5.39 Å². The van der Waals surface area contributed by atoms with Gasteiger partial charge in [-0.2, -0.15) is 13.2 Å². The van der Waals surface area contributed by atoms with E-state index < -0.39 is 23.4 Å². The highest BCUT2D eigenvalue weighted by Crippen LogP contribution is 2.48. The highest BCUT2D eigenvalue weighted by atomic mass is 19.4. The molecule has 0 bridgehead atoms. The lowest BCUT2D eigenvalue weighted by Crippen LogP contribution is -2.29. The van der Waals surface area contributed by atoms with Crippen LogP contribution in [0.4, 0.5) is 22.0 Å². The standard InChI is InChI=1S/C22H23F5/c1-12-2-3-14-7-15(5-4-13(14)6-12)16-8-17-10-21(24)19(22(25,26)27)11-18(17)20(23)9-16/h8-15H,2-7H2,1H3. The van der Waals surface area contributed by atoms with E-state index in [9.17, 15) is 22.0 Å². The van der Waals surface area contributed by atoms with Gasteiger partial charge in [-0.1, -0.05) is 19.4 Å². The molecule has 2 aromatic carbocycles. The maximum absolute atomic E-state index is 14.6. The Balaban J connectivity index is 1.66. The molecule has 4 atom stereocenters. The molecule has 0 nitrogen and oxygen atoms in total. The van der Waals surface area contributed by atoms with Gasteiger partial charge in [0.2, 0.25) is 0 Å². The molecule has 2 saturated carbocycles. The molecule has 2 aromatic rings. The molecule has 0 saturated heterocycles. The molecule has 0 amide bonds. The van der Waals surface area contributed by atoms with Crippen LogP contribution >= 0.6 is 0 Å². The van der Waals surface area contributed by atoms with Gasteiger partial charge in [-0.15, -0.1) is 0 Å². The number of rotatable bonds is 1. The summed E-state index contributed by atoms with van der Waals surface area (Å²) in [4.78, 5) is 0. The van der Waals surface area contributed by atoms with Crippen molar-refractivity contribution in [3.63, 3.8) is 0 Å². The molecule has 0 aliphatic heterocycles. The number of hydrogen-bond acceptors (Lipinski definition) is 0. The third-order valence-electron chi connectivity index (χ3n) is 6.66. The molecular weight excluding hydrogens is 359 g/mol. The predicted molar refractivity (Wildman–Crippen MR) is 95.5 cm³/mol. The van der Waals surface area contributed by atoms with Gasteiger partial charge in [-0.05, 0) is 84.9 Å². The Kier molecular flexibility index (Phi) is 4.68. The van der Waals surface area contributed by atoms with E-state index >= 15 is 0 Å². The van der Waals surface area contributed by atoms with Crippen molar-refractivity contribution in [1.82, 2.24) is 0 Å². The molecule has 5 heteroatoms. The second kappa shape index (κ2) is 6.75. The Morgan fingerprint density at radius 3 is 2.26 bits per heavy atom. The first-order chi connectivity index (χ1) is 12.7. The molecule has 146 valence electrons. The van der Waals surface area contributed by atoms with Gasteiger partial charge in [-0.3, -0.25) is 0 Å². The molecular formula is C22H23F5. The molecule has 0 spiro atoms. The molecule has 2 fully saturated rings. The van der Waals surface area contributed by atoms with Crippen LogP contribution in [-0.4, -0.2) is 0 Å². The van der Waals surface area contributed by atoms with E-state index in [1.165, 1.54) is 25.3 Å². The summed E-state index contributed by atoms with van der Waals surface area (Å²) in [5.74, 6) is 0.296. The van der Waals surface area contributed by atoms with E-state index in [2.05, 4.69) is 6.92 Å². The highest BCUT2D eigenvalue weighted by Gasteiger charge is 2.36. The van der Waals surface area contributed by atoms with Crippen LogP contribution in [0, 0.1) is 29.4 Å². The van der Waals surface area contributed by atoms with Crippen molar-refractivity contribution >= 4 is 10.8 Å². The first-order valence-corrected chi connectivity index (χ1v) is 9.72. The quantitative estimate of drug-likeness (QED) is 0.449. The SMILES string of the molecule is CC1CCC2CC(c3cc(F)c4cc(C(F)(F)F)c(F)cc4c3)CCC2C1. The topological polar surface area (TPSA) is 0 Å². The van der Waals surface area contributed by atoms with E-state index in [0.29, 0.717) is 12.0 Å². The van der Waals surface area contributed by atoms with Crippen LogP contribution in [0.25, 0.3) is 10.8 Å². The van der Waals surface area contributed by atoms with Crippen LogP contribution in [0.1, 0.15) is 62.5 Å². The zero-order valence-electron chi connectivity index (χ0n) is 15.3. The van der Waals surface area contributed by atoms with Crippen LogP contribution < -0.4 is 0 Å². The Hall–Kier alpha value is -1.65. The van der Waals surface area contributed by atoms with Crippen molar-refractivity contribution in [1.29, 1.82) is 0 Å². The van der Waals surface area contributed by atoms with Crippen molar-refractivity contribution < 1.29 is 22.0 Å². The molecule has 4 rings (SSSR count). The number of benzene rings is 2. The van der Waals surface area contributed by atoms with Gasteiger partial charge in [0.25, 0.3) is 0 Å². The number of alkyl halides is 3. The van der Waals surface area contributed by atoms with Crippen LogP contribution in [0.5, 0.6) is 0 Å². The highest BCUT2D eigenvalue weighted by molar-refractivity contribution is 5.85. The summed E-state index contributed by atoms with van der Waals surface area (Å²) in [6.45, 7) is 2.30. The Morgan fingerprint density at radius 1 is 0.815 bits per heavy atom. The van der Waals surface area contributed by atoms with Gasteiger partial charge in [0.1, 0.15) is 11.6 Å². The third-order valence-corrected chi connectivity index (χ3v) is 6.66. The number of hydrogen-bond donors (Lipinski definition) is 0. The lowest BCUT2D eigenvalue weighted by Gasteiger charge is -2.41. The summed E-state index contributed by atoms with van der Waals surface area (Å²) < 4.78 is 67.2. The fourth-order valence-corrected chi connectivity index (χ4v) is 5.24. The maximum atomic E-state index is 14.6. The largest absolute Gasteiger partial charge is 0.419 e. The third kappa shape index (κ3) is 3.57. The summed E-state index contributed by atoms with van der Waals surface area (Å²) in [7, 11) is 0. The van der Waals surface area contributed by atoms with E-state index in [1.54, 1.807) is 6.07 Å². The van der Waals surface area contributed by atoms with Crippen molar-refractivity contribution in [2.24, 2.45) is 17.8 Å². The minimum absolute atomic E-state index is 0.173. The van der Waals surface area contributed by atoms with Gasteiger partial charge < -0.3 is 0 Å². The minimum atomic E-state index is -4.83. The van der Waals surface area contributed by atoms with E-state index in [4.69, 9.17) is 0 Å². The van der Waals surface area contributed by atoms with Crippen LogP contribution in [0.15, 0.2) is 24.3 Å². The first-order valence-electron chi connectivity index (χ1n) is 9.72. The number of halogens is 5. The first kappa shape index (κ1) is 18.7. The summed E-state index contributed by atoms with van der Waals surface area (Å²) in [5, 5.41) is 0.0301. The van der Waals surface area contributed by atoms with Gasteiger partial charge in [0.05, 0.1) is 5.56 Å². The monoisotopic (exact) mass is 382 g/mol. The van der Waals surface area contributed by atoms with Gasteiger partial charge in [-0.25, -0.2) is 8.78 Å². The predicted octanol–water partition coefficient (Wildman–Crippen LogP) is 7.46. The molecule has 2 aliphatic carbocycles. The lowest BCUT2D eigenvalue weighted by atomic mass is 9.64. The van der Waals surface area contributed by atoms with Crippen molar-refractivity contribution in [2.75, 3.05) is 0 Å². The lowest BCUT2D eigenvalue weighted by molar-refractivity contribution is -0.139. The molecule has 4 unspecified atom stereocenters. The van der Waals surface area contributed by atoms with Crippen molar-refractivity contribution in [3.8, 4) is 0 Å². The van der Waals surface area contributed by atoms with Crippen molar-refractivity contribution in [2.45, 2.75) is 57.5 Å². The number of fused-ring (bicyclic) bond motifs is 2. The minimum Gasteiger partial charge on any atom is -0.206 e. The van der Waals surface area contributed by atoms with Gasteiger partial charge in [0.15, 0.2) is 0 Å². The second-order valence-electron chi connectivity index (χ2n) is 8.50. The molecule has 2 aliphatic rings. The van der Waals surface area contributed by atoms with Crippen molar-refractivity contribution in [3.05, 3.63) is 47.0 Å². The summed E-state index contributed by atoms with van der Waals surface area (Å²) in [6, 6.07) is 4.44. The smallest absolute Gasteiger partial charge is 0.206 e. The Morgan fingerprint density at radius 2 is 1.52 bits per heavy atom. The fourth-order valence-electron chi connectivity index (χ4n) is 5.24. The normalized spacial score (nSPS) is 29.0. The second-order valence-corrected chi connectivity index (χ2v) is 8.50. The Labute approximate surface area is 155 Å². The van der Waals surface area contributed by atoms with Gasteiger partial charge >= 0.3 is 6.18 Å². The fraction of sp³-hybridized carbons (Fsp3) is 0.545. The molecule has 0 heterocycles. The molecule has 0 radical (unpaired) electrons. The van der Waals surface area contributed by atoms with Crippen LogP contribution in [-0.2, 0) is 6.18 Å². The Bertz CT molecular complexity index is 854. The van der Waals surface area contributed by atoms with Crippen LogP contribution in [0.3, 0.4) is 0 Å². The summed E-state index contributed by atoms with van der Waals surface area (Å²) in [6.07, 6.45) is 1.91. The molecule has 27 heavy (non-hydrogen) atoms. The maximum Gasteiger partial charge on any atom is 0.419 e.